The maximum atomic E-state index is 12.5. The van der Waals surface area contributed by atoms with Crippen LogP contribution in [0, 0.1) is 0 Å². The van der Waals surface area contributed by atoms with E-state index in [1.165, 1.54) is 6.20 Å². The van der Waals surface area contributed by atoms with Crippen LogP contribution in [0.3, 0.4) is 0 Å². The normalized spacial score (nSPS) is 27.9. The maximum absolute atomic E-state index is 12.5. The smallest absolute Gasteiger partial charge is 0.349 e. The van der Waals surface area contributed by atoms with Gasteiger partial charge in [0.2, 0.25) is 11.6 Å². The lowest BCUT2D eigenvalue weighted by Gasteiger charge is -2.42. The first-order chi connectivity index (χ1) is 17.7. The Morgan fingerprint density at radius 2 is 1.62 bits per heavy atom. The van der Waals surface area contributed by atoms with Gasteiger partial charge in [-0.2, -0.15) is 0 Å². The van der Waals surface area contributed by atoms with Gasteiger partial charge in [-0.25, -0.2) is 9.78 Å². The molecule has 9 nitrogen and oxygen atoms in total. The Balaban J connectivity index is 0.00000560. The number of aliphatic hydroxyl groups is 1. The molecule has 0 radical (unpaired) electrons. The van der Waals surface area contributed by atoms with Crippen molar-refractivity contribution in [3.63, 3.8) is 0 Å². The van der Waals surface area contributed by atoms with Crippen LogP contribution in [0.1, 0.15) is 66.4 Å². The summed E-state index contributed by atoms with van der Waals surface area (Å²) in [5.74, 6) is -1.26. The third kappa shape index (κ3) is 6.94. The summed E-state index contributed by atoms with van der Waals surface area (Å²) >= 11 is 0. The Bertz CT molecular complexity index is 1070. The summed E-state index contributed by atoms with van der Waals surface area (Å²) in [6, 6.07) is 0. The largest absolute Gasteiger partial charge is 1.00 e. The third-order valence-electron chi connectivity index (χ3n) is 9.81. The fraction of sp³-hybridized carbons (Fsp3) is 0.857. The summed E-state index contributed by atoms with van der Waals surface area (Å²) in [7, 11) is -0.759. The van der Waals surface area contributed by atoms with E-state index in [2.05, 4.69) is 84.7 Å². The van der Waals surface area contributed by atoms with E-state index in [4.69, 9.17) is 18.3 Å². The molecule has 2 saturated heterocycles. The SMILES string of the molecule is CO[C@@H]1[C@H](O[Si](C)(C)C(C)(C)C)[C@@H](CO[Si](C)(C)C(C)(C)C)OC1(O)c1cnc(=O)[nH]c1[N+]1(C)CCCCC1.[Cl-]. The zero-order valence-electron chi connectivity index (χ0n) is 26.8. The summed E-state index contributed by atoms with van der Waals surface area (Å²) in [6.45, 7) is 23.9. The lowest BCUT2D eigenvalue weighted by atomic mass is 9.97. The Labute approximate surface area is 249 Å². The second-order valence-electron chi connectivity index (χ2n) is 14.8. The highest BCUT2D eigenvalue weighted by molar-refractivity contribution is 6.74. The number of piperidine rings is 1. The molecular weight excluding hydrogens is 566 g/mol. The summed E-state index contributed by atoms with van der Waals surface area (Å²) in [5, 5.41) is 12.4. The topological polar surface area (TPSA) is 103 Å². The first kappa shape index (κ1) is 35.6. The van der Waals surface area contributed by atoms with Crippen molar-refractivity contribution in [2.24, 2.45) is 0 Å². The van der Waals surface area contributed by atoms with Gasteiger partial charge in [0.1, 0.15) is 23.9 Å². The zero-order chi connectivity index (χ0) is 29.7. The fourth-order valence-electron chi connectivity index (χ4n) is 5.09. The number of methoxy groups -OCH3 is 1. The van der Waals surface area contributed by atoms with E-state index in [9.17, 15) is 9.90 Å². The number of hydrogen-bond donors (Lipinski definition) is 2. The molecule has 0 amide bonds. The standard InChI is InChI=1S/C28H53N3O6Si2.ClH/c1-26(2,3)38(9,10)35-19-21-22(37-39(11,12)27(4,5)6)23(34-8)28(33,36-21)20-18-29-25(32)30-24(20)31(7)16-14-13-15-17-31;/h18,21-23,33H,13-17,19H2,1-12H3;1H/t21-,22-,23-,28?;/m1./s1. The Morgan fingerprint density at radius 3 is 2.12 bits per heavy atom. The lowest BCUT2D eigenvalue weighted by Crippen LogP contribution is -3.00. The number of aromatic nitrogens is 2. The van der Waals surface area contributed by atoms with Crippen molar-refractivity contribution in [1.29, 1.82) is 0 Å². The van der Waals surface area contributed by atoms with Gasteiger partial charge in [0.25, 0.3) is 0 Å². The molecule has 2 aliphatic heterocycles. The monoisotopic (exact) mass is 619 g/mol. The average Bonchev–Trinajstić information content (AvgIpc) is 3.07. The molecule has 2 aliphatic rings. The highest BCUT2D eigenvalue weighted by atomic mass is 35.5. The number of quaternary nitrogens is 1. The summed E-state index contributed by atoms with van der Waals surface area (Å²) < 4.78 is 26.7. The third-order valence-corrected chi connectivity index (χ3v) is 18.8. The van der Waals surface area contributed by atoms with E-state index in [1.54, 1.807) is 7.11 Å². The number of nitrogens with one attached hydrogen (secondary N) is 1. The minimum Gasteiger partial charge on any atom is -1.00 e. The predicted octanol–water partition coefficient (Wildman–Crippen LogP) is 1.87. The molecule has 1 aromatic rings. The fourth-order valence-corrected chi connectivity index (χ4v) is 7.41. The lowest BCUT2D eigenvalue weighted by molar-refractivity contribution is -0.244. The average molecular weight is 620 g/mol. The number of nitrogens with zero attached hydrogens (tertiary/aromatic N) is 2. The van der Waals surface area contributed by atoms with Gasteiger partial charge < -0.3 is 35.8 Å². The molecule has 40 heavy (non-hydrogen) atoms. The van der Waals surface area contributed by atoms with Gasteiger partial charge in [-0.3, -0.25) is 9.47 Å². The number of ether oxygens (including phenoxy) is 2. The van der Waals surface area contributed by atoms with Gasteiger partial charge in [-0.05, 0) is 55.5 Å². The number of likely N-dealkylation sites (tertiary alicyclic amines) is 1. The van der Waals surface area contributed by atoms with Crippen LogP contribution < -0.4 is 22.6 Å². The molecule has 0 bridgehead atoms. The molecule has 4 atom stereocenters. The maximum Gasteiger partial charge on any atom is 0.349 e. The van der Waals surface area contributed by atoms with Crippen molar-refractivity contribution in [3.05, 3.63) is 22.2 Å². The van der Waals surface area contributed by atoms with Gasteiger partial charge in [-0.1, -0.05) is 41.5 Å². The first-order valence-electron chi connectivity index (χ1n) is 14.4. The highest BCUT2D eigenvalue weighted by Crippen LogP contribution is 2.48. The van der Waals surface area contributed by atoms with Crippen molar-refractivity contribution in [2.75, 3.05) is 33.9 Å². The number of aromatic amines is 1. The predicted molar refractivity (Wildman–Crippen MR) is 161 cm³/mol. The van der Waals surface area contributed by atoms with Crippen molar-refractivity contribution in [2.45, 2.75) is 121 Å². The van der Waals surface area contributed by atoms with E-state index in [-0.39, 0.29) is 29.1 Å². The molecule has 0 aliphatic carbocycles. The van der Waals surface area contributed by atoms with Crippen LogP contribution in [-0.4, -0.2) is 83.9 Å². The quantitative estimate of drug-likeness (QED) is 0.338. The van der Waals surface area contributed by atoms with E-state index < -0.39 is 46.4 Å². The van der Waals surface area contributed by atoms with Crippen LogP contribution >= 0.6 is 0 Å². The van der Waals surface area contributed by atoms with E-state index in [0.29, 0.717) is 15.9 Å². The highest BCUT2D eigenvalue weighted by Gasteiger charge is 2.61. The van der Waals surface area contributed by atoms with Gasteiger partial charge >= 0.3 is 5.69 Å². The zero-order valence-corrected chi connectivity index (χ0v) is 29.6. The van der Waals surface area contributed by atoms with Gasteiger partial charge in [-0.15, -0.1) is 0 Å². The van der Waals surface area contributed by atoms with Gasteiger partial charge in [0.05, 0.1) is 26.7 Å². The summed E-state index contributed by atoms with van der Waals surface area (Å²) in [4.78, 5) is 19.5. The van der Waals surface area contributed by atoms with Crippen LogP contribution in [0.25, 0.3) is 0 Å². The Morgan fingerprint density at radius 1 is 1.07 bits per heavy atom. The van der Waals surface area contributed by atoms with Crippen molar-refractivity contribution in [1.82, 2.24) is 14.5 Å². The molecule has 2 N–H and O–H groups in total. The Hall–Kier alpha value is -0.636. The minimum absolute atomic E-state index is 0. The van der Waals surface area contributed by atoms with Crippen molar-refractivity contribution >= 4 is 22.5 Å². The van der Waals surface area contributed by atoms with Gasteiger partial charge in [0, 0.05) is 13.3 Å². The molecule has 12 heteroatoms. The molecule has 0 spiro atoms. The minimum atomic E-state index is -2.31. The molecule has 232 valence electrons. The number of hydrogen-bond acceptors (Lipinski definition) is 7. The van der Waals surface area contributed by atoms with E-state index in [1.807, 2.05) is 0 Å². The van der Waals surface area contributed by atoms with Crippen LogP contribution in [0.2, 0.25) is 36.3 Å². The summed E-state index contributed by atoms with van der Waals surface area (Å²) in [5.41, 5.74) is -0.0156. The molecule has 0 saturated carbocycles. The van der Waals surface area contributed by atoms with E-state index >= 15 is 0 Å². The number of H-pyrrole nitrogens is 1. The van der Waals surface area contributed by atoms with Crippen molar-refractivity contribution in [3.8, 4) is 0 Å². The van der Waals surface area contributed by atoms with Crippen LogP contribution in [0.15, 0.2) is 11.0 Å². The molecular formula is C28H54ClN3O6Si2. The van der Waals surface area contributed by atoms with Crippen molar-refractivity contribution < 1.29 is 35.8 Å². The second-order valence-corrected chi connectivity index (χ2v) is 24.3. The summed E-state index contributed by atoms with van der Waals surface area (Å²) in [6.07, 6.45) is 2.68. The van der Waals surface area contributed by atoms with E-state index in [0.717, 1.165) is 32.4 Å². The Kier molecular flexibility index (Phi) is 10.8. The number of halogens is 1. The number of rotatable bonds is 8. The molecule has 1 aromatic heterocycles. The first-order valence-corrected chi connectivity index (χ1v) is 20.2. The molecule has 0 aromatic carbocycles. The molecule has 3 heterocycles. The van der Waals surface area contributed by atoms with Crippen LogP contribution in [0.5, 0.6) is 0 Å². The second kappa shape index (κ2) is 12.2. The van der Waals surface area contributed by atoms with Crippen LogP contribution in [0.4, 0.5) is 5.82 Å². The molecule has 3 rings (SSSR count). The molecule has 1 unspecified atom stereocenters. The van der Waals surface area contributed by atoms with Gasteiger partial charge in [0.15, 0.2) is 16.6 Å². The van der Waals surface area contributed by atoms with Crippen LogP contribution in [-0.2, 0) is 24.1 Å². The molecule has 2 fully saturated rings.